The number of aryl methyl sites for hydroxylation is 1. The number of aliphatic hydroxyl groups excluding tert-OH is 1. The van der Waals surface area contributed by atoms with Gasteiger partial charge in [-0.15, -0.1) is 11.3 Å². The Morgan fingerprint density at radius 2 is 2.27 bits per heavy atom. The second kappa shape index (κ2) is 6.12. The molecule has 1 atom stereocenters. The van der Waals surface area contributed by atoms with Crippen molar-refractivity contribution in [3.05, 3.63) is 41.5 Å². The third-order valence-corrected chi connectivity index (χ3v) is 4.38. The summed E-state index contributed by atoms with van der Waals surface area (Å²) < 4.78 is 2.56. The summed E-state index contributed by atoms with van der Waals surface area (Å²) in [5.74, 6) is 0.342. The first-order valence-corrected chi connectivity index (χ1v) is 7.50. The number of benzene rings is 1. The Labute approximate surface area is 130 Å². The quantitative estimate of drug-likeness (QED) is 0.685. The predicted octanol–water partition coefficient (Wildman–Crippen LogP) is 1.88. The molecule has 0 saturated carbocycles. The molecule has 8 heteroatoms. The number of rotatable bonds is 4. The number of anilines is 1. The highest BCUT2D eigenvalue weighted by Gasteiger charge is 2.13. The number of urea groups is 1. The molecule has 22 heavy (non-hydrogen) atoms. The van der Waals surface area contributed by atoms with E-state index in [9.17, 15) is 9.90 Å². The van der Waals surface area contributed by atoms with E-state index in [0.29, 0.717) is 5.95 Å². The fourth-order valence-electron chi connectivity index (χ4n) is 2.01. The minimum atomic E-state index is -0.748. The monoisotopic (exact) mass is 317 g/mol. The van der Waals surface area contributed by atoms with Gasteiger partial charge in [-0.05, 0) is 17.5 Å². The van der Waals surface area contributed by atoms with Gasteiger partial charge in [-0.3, -0.25) is 5.32 Å². The van der Waals surface area contributed by atoms with Crippen LogP contribution >= 0.6 is 11.3 Å². The number of carbonyl (C=O) groups is 1. The van der Waals surface area contributed by atoms with Crippen molar-refractivity contribution in [1.29, 1.82) is 0 Å². The molecule has 1 aromatic carbocycles. The summed E-state index contributed by atoms with van der Waals surface area (Å²) in [6.45, 7) is 0.122. The van der Waals surface area contributed by atoms with Gasteiger partial charge in [-0.2, -0.15) is 10.1 Å². The molecule has 114 valence electrons. The number of nitrogens with zero attached hydrogens (tertiary/aromatic N) is 3. The lowest BCUT2D eigenvalue weighted by atomic mass is 10.2. The maximum atomic E-state index is 11.8. The van der Waals surface area contributed by atoms with Gasteiger partial charge in [0.15, 0.2) is 0 Å². The highest BCUT2D eigenvalue weighted by atomic mass is 32.1. The van der Waals surface area contributed by atoms with Gasteiger partial charge in [-0.25, -0.2) is 9.48 Å². The molecule has 0 bridgehead atoms. The SMILES string of the molecule is Cn1ncnc1NC(=O)NCC(O)c1cc2ccccc2s1. The Bertz CT molecular complexity index is 764. The highest BCUT2D eigenvalue weighted by molar-refractivity contribution is 7.19. The van der Waals surface area contributed by atoms with Crippen LogP contribution in [-0.4, -0.2) is 32.4 Å². The van der Waals surface area contributed by atoms with E-state index in [2.05, 4.69) is 20.7 Å². The summed E-state index contributed by atoms with van der Waals surface area (Å²) >= 11 is 1.52. The Balaban J connectivity index is 1.58. The van der Waals surface area contributed by atoms with Gasteiger partial charge in [-0.1, -0.05) is 18.2 Å². The minimum absolute atomic E-state index is 0.122. The average Bonchev–Trinajstić information content (AvgIpc) is 3.11. The van der Waals surface area contributed by atoms with Crippen LogP contribution in [0, 0.1) is 0 Å². The molecule has 3 rings (SSSR count). The van der Waals surface area contributed by atoms with Gasteiger partial charge in [0.05, 0.1) is 6.54 Å². The second-order valence-corrected chi connectivity index (χ2v) is 5.86. The lowest BCUT2D eigenvalue weighted by molar-refractivity contribution is 0.178. The molecule has 0 aliphatic rings. The van der Waals surface area contributed by atoms with E-state index in [4.69, 9.17) is 0 Å². The summed E-state index contributed by atoms with van der Waals surface area (Å²) in [5.41, 5.74) is 0. The van der Waals surface area contributed by atoms with E-state index in [0.717, 1.165) is 15.0 Å². The van der Waals surface area contributed by atoms with Crippen LogP contribution in [-0.2, 0) is 7.05 Å². The molecule has 2 aromatic heterocycles. The van der Waals surface area contributed by atoms with Gasteiger partial charge in [0.1, 0.15) is 12.4 Å². The first-order valence-electron chi connectivity index (χ1n) is 6.69. The number of aliphatic hydroxyl groups is 1. The zero-order valence-electron chi connectivity index (χ0n) is 11.9. The van der Waals surface area contributed by atoms with Crippen molar-refractivity contribution in [1.82, 2.24) is 20.1 Å². The van der Waals surface area contributed by atoms with E-state index < -0.39 is 12.1 Å². The van der Waals surface area contributed by atoms with Crippen LogP contribution < -0.4 is 10.6 Å². The lowest BCUT2D eigenvalue weighted by Crippen LogP contribution is -2.33. The van der Waals surface area contributed by atoms with Crippen LogP contribution in [0.1, 0.15) is 11.0 Å². The molecule has 0 spiro atoms. The molecule has 0 radical (unpaired) electrons. The Hall–Kier alpha value is -2.45. The zero-order chi connectivity index (χ0) is 15.5. The van der Waals surface area contributed by atoms with Crippen molar-refractivity contribution in [3.8, 4) is 0 Å². The number of carbonyl (C=O) groups excluding carboxylic acids is 1. The summed E-state index contributed by atoms with van der Waals surface area (Å²) in [6.07, 6.45) is 0.601. The van der Waals surface area contributed by atoms with Crippen molar-refractivity contribution in [2.45, 2.75) is 6.10 Å². The molecule has 3 aromatic rings. The average molecular weight is 317 g/mol. The second-order valence-electron chi connectivity index (χ2n) is 4.74. The summed E-state index contributed by atoms with van der Waals surface area (Å²) in [5, 5.41) is 20.3. The van der Waals surface area contributed by atoms with E-state index >= 15 is 0 Å². The molecule has 1 unspecified atom stereocenters. The molecule has 7 nitrogen and oxygen atoms in total. The van der Waals surface area contributed by atoms with Crippen LogP contribution in [0.15, 0.2) is 36.7 Å². The predicted molar refractivity (Wildman–Crippen MR) is 84.8 cm³/mol. The number of fused-ring (bicyclic) bond motifs is 1. The van der Waals surface area contributed by atoms with Gasteiger partial charge in [0, 0.05) is 16.6 Å². The van der Waals surface area contributed by atoms with Gasteiger partial charge >= 0.3 is 6.03 Å². The standard InChI is InChI=1S/C14H15N5O2S/c1-19-13(16-8-17-19)18-14(21)15-7-10(20)12-6-9-4-2-3-5-11(9)22-12/h2-6,8,10,20H,7H2,1H3,(H2,15,16,17,18,21). The lowest BCUT2D eigenvalue weighted by Gasteiger charge is -2.10. The maximum Gasteiger partial charge on any atom is 0.321 e. The Morgan fingerprint density at radius 1 is 1.45 bits per heavy atom. The van der Waals surface area contributed by atoms with E-state index in [1.54, 1.807) is 7.05 Å². The largest absolute Gasteiger partial charge is 0.386 e. The molecule has 0 fully saturated rings. The summed E-state index contributed by atoms with van der Waals surface area (Å²) in [7, 11) is 1.68. The van der Waals surface area contributed by atoms with Crippen molar-refractivity contribution in [2.24, 2.45) is 7.05 Å². The van der Waals surface area contributed by atoms with Crippen LogP contribution in [0.4, 0.5) is 10.7 Å². The van der Waals surface area contributed by atoms with Crippen LogP contribution in [0.25, 0.3) is 10.1 Å². The topological polar surface area (TPSA) is 92.1 Å². The van der Waals surface area contributed by atoms with Crippen molar-refractivity contribution in [2.75, 3.05) is 11.9 Å². The number of aromatic nitrogens is 3. The molecular formula is C14H15N5O2S. The van der Waals surface area contributed by atoms with Gasteiger partial charge < -0.3 is 10.4 Å². The maximum absolute atomic E-state index is 11.8. The fourth-order valence-corrected chi connectivity index (χ4v) is 3.06. The molecule has 3 N–H and O–H groups in total. The zero-order valence-corrected chi connectivity index (χ0v) is 12.7. The van der Waals surface area contributed by atoms with Crippen molar-refractivity contribution >= 4 is 33.4 Å². The smallest absolute Gasteiger partial charge is 0.321 e. The first-order chi connectivity index (χ1) is 10.6. The molecule has 0 saturated heterocycles. The first kappa shape index (κ1) is 14.5. The number of hydrogen-bond acceptors (Lipinski definition) is 5. The molecule has 2 heterocycles. The molecule has 0 aliphatic heterocycles. The highest BCUT2D eigenvalue weighted by Crippen LogP contribution is 2.29. The number of thiophene rings is 1. The fraction of sp³-hybridized carbons (Fsp3) is 0.214. The van der Waals surface area contributed by atoms with E-state index in [1.165, 1.54) is 22.3 Å². The third-order valence-electron chi connectivity index (χ3n) is 3.17. The van der Waals surface area contributed by atoms with E-state index in [-0.39, 0.29) is 6.54 Å². The van der Waals surface area contributed by atoms with Crippen molar-refractivity contribution < 1.29 is 9.90 Å². The Kier molecular flexibility index (Phi) is 4.03. The number of amides is 2. The summed E-state index contributed by atoms with van der Waals surface area (Å²) in [6, 6.07) is 9.42. The van der Waals surface area contributed by atoms with Gasteiger partial charge in [0.2, 0.25) is 5.95 Å². The Morgan fingerprint density at radius 3 is 3.00 bits per heavy atom. The minimum Gasteiger partial charge on any atom is -0.386 e. The molecular weight excluding hydrogens is 302 g/mol. The van der Waals surface area contributed by atoms with Crippen LogP contribution in [0.5, 0.6) is 0 Å². The van der Waals surface area contributed by atoms with Crippen LogP contribution in [0.2, 0.25) is 0 Å². The van der Waals surface area contributed by atoms with Crippen LogP contribution in [0.3, 0.4) is 0 Å². The van der Waals surface area contributed by atoms with E-state index in [1.807, 2.05) is 30.3 Å². The van der Waals surface area contributed by atoms with Gasteiger partial charge in [0.25, 0.3) is 0 Å². The third kappa shape index (κ3) is 3.07. The van der Waals surface area contributed by atoms with Crippen molar-refractivity contribution in [3.63, 3.8) is 0 Å². The summed E-state index contributed by atoms with van der Waals surface area (Å²) in [4.78, 5) is 16.5. The molecule has 2 amide bonds. The molecule has 0 aliphatic carbocycles. The number of hydrogen-bond donors (Lipinski definition) is 3. The number of nitrogens with one attached hydrogen (secondary N) is 2. The normalized spacial score (nSPS) is 12.3.